The van der Waals surface area contributed by atoms with Gasteiger partial charge in [0.05, 0.1) is 18.0 Å². The summed E-state index contributed by atoms with van der Waals surface area (Å²) in [4.78, 5) is 17.0. The van der Waals surface area contributed by atoms with E-state index in [1.165, 1.54) is 18.2 Å². The summed E-state index contributed by atoms with van der Waals surface area (Å²) < 4.78 is 12.3. The van der Waals surface area contributed by atoms with Gasteiger partial charge < -0.3 is 14.8 Å². The maximum Gasteiger partial charge on any atom is 0.350 e. The number of piperazine rings is 1. The molecule has 3 rings (SSSR count). The van der Waals surface area contributed by atoms with Crippen molar-refractivity contribution in [1.82, 2.24) is 9.63 Å². The monoisotopic (exact) mass is 418 g/mol. The van der Waals surface area contributed by atoms with Crippen LogP contribution in [0.25, 0.3) is 0 Å². The van der Waals surface area contributed by atoms with E-state index in [2.05, 4.69) is 4.98 Å². The number of aryl methyl sites for hydroxylation is 2. The molecule has 1 aromatic heterocycles. The summed E-state index contributed by atoms with van der Waals surface area (Å²) in [5, 5.41) is 24.7. The zero-order valence-electron chi connectivity index (χ0n) is 14.9. The van der Waals surface area contributed by atoms with Crippen molar-refractivity contribution in [3.8, 4) is 0 Å². The molecule has 27 heavy (non-hydrogen) atoms. The topological polar surface area (TPSA) is 82.3 Å². The van der Waals surface area contributed by atoms with Crippen LogP contribution in [0.15, 0.2) is 30.3 Å². The maximum absolute atomic E-state index is 13.3. The van der Waals surface area contributed by atoms with Crippen LogP contribution in [0.3, 0.4) is 0 Å². The number of nitrogens with zero attached hydrogens (tertiary/aromatic N) is 4. The maximum atomic E-state index is 13.3. The second-order valence-corrected chi connectivity index (χ2v) is 6.27. The van der Waals surface area contributed by atoms with Crippen LogP contribution >= 0.6 is 24.8 Å². The molecule has 1 fully saturated rings. The SMILES string of the molecule is Cc1cc([N+]2([O-])CCN(c3ccc(F)cc3)CC2)c([N+](=O)[O-])c(C)n1.Cl.Cl. The van der Waals surface area contributed by atoms with E-state index in [0.29, 0.717) is 18.8 Å². The fraction of sp³-hybridized carbons (Fsp3) is 0.353. The molecule has 0 spiro atoms. The first-order chi connectivity index (χ1) is 11.8. The van der Waals surface area contributed by atoms with Crippen molar-refractivity contribution in [3.63, 3.8) is 0 Å². The smallest absolute Gasteiger partial charge is 0.350 e. The Morgan fingerprint density at radius 2 is 1.70 bits per heavy atom. The van der Waals surface area contributed by atoms with Gasteiger partial charge in [-0.15, -0.1) is 24.8 Å². The lowest BCUT2D eigenvalue weighted by Gasteiger charge is -2.47. The Bertz CT molecular complexity index is 813. The van der Waals surface area contributed by atoms with Crippen LogP contribution in [0.4, 0.5) is 21.5 Å². The summed E-state index contributed by atoms with van der Waals surface area (Å²) in [6.07, 6.45) is 0. The van der Waals surface area contributed by atoms with Crippen molar-refractivity contribution in [1.29, 1.82) is 0 Å². The molecule has 0 N–H and O–H groups in total. The first kappa shape index (κ1) is 23.0. The van der Waals surface area contributed by atoms with Crippen LogP contribution in [0.2, 0.25) is 0 Å². The lowest BCUT2D eigenvalue weighted by atomic mass is 10.1. The van der Waals surface area contributed by atoms with Crippen molar-refractivity contribution < 1.29 is 9.31 Å². The van der Waals surface area contributed by atoms with Crippen LogP contribution < -0.4 is 9.55 Å². The highest BCUT2D eigenvalue weighted by Crippen LogP contribution is 2.36. The molecule has 0 atom stereocenters. The van der Waals surface area contributed by atoms with E-state index in [4.69, 9.17) is 0 Å². The fourth-order valence-electron chi connectivity index (χ4n) is 3.28. The average Bonchev–Trinajstić information content (AvgIpc) is 2.55. The van der Waals surface area contributed by atoms with Gasteiger partial charge in [-0.25, -0.2) is 4.39 Å². The highest BCUT2D eigenvalue weighted by Gasteiger charge is 2.36. The van der Waals surface area contributed by atoms with Gasteiger partial charge in [0.1, 0.15) is 24.6 Å². The third-order valence-corrected chi connectivity index (χ3v) is 4.55. The minimum Gasteiger partial charge on any atom is -0.627 e. The molecule has 2 heterocycles. The predicted octanol–water partition coefficient (Wildman–Crippen LogP) is 3.91. The Hall–Kier alpha value is -2.00. The number of pyridine rings is 1. The molecule has 0 bridgehead atoms. The number of quaternary nitrogens is 1. The number of nitro groups is 1. The van der Waals surface area contributed by atoms with Gasteiger partial charge >= 0.3 is 5.69 Å². The molecule has 1 saturated heterocycles. The lowest BCUT2D eigenvalue weighted by molar-refractivity contribution is -0.385. The van der Waals surface area contributed by atoms with Crippen LogP contribution in [0, 0.1) is 35.0 Å². The number of hydrogen-bond donors (Lipinski definition) is 0. The summed E-state index contributed by atoms with van der Waals surface area (Å²) in [7, 11) is 0. The highest BCUT2D eigenvalue weighted by atomic mass is 35.5. The minimum absolute atomic E-state index is 0. The first-order valence-corrected chi connectivity index (χ1v) is 8.02. The molecule has 1 aromatic carbocycles. The van der Waals surface area contributed by atoms with E-state index in [9.17, 15) is 19.7 Å². The largest absolute Gasteiger partial charge is 0.627 e. The first-order valence-electron chi connectivity index (χ1n) is 8.02. The van der Waals surface area contributed by atoms with Crippen LogP contribution in [0.5, 0.6) is 0 Å². The summed E-state index contributed by atoms with van der Waals surface area (Å²) >= 11 is 0. The highest BCUT2D eigenvalue weighted by molar-refractivity contribution is 5.85. The normalized spacial score (nSPS) is 15.5. The van der Waals surface area contributed by atoms with E-state index in [1.807, 2.05) is 4.90 Å². The number of hydroxylamine groups is 2. The van der Waals surface area contributed by atoms with Crippen LogP contribution in [0.1, 0.15) is 11.4 Å². The van der Waals surface area contributed by atoms with Crippen molar-refractivity contribution in [2.45, 2.75) is 13.8 Å². The van der Waals surface area contributed by atoms with E-state index in [1.54, 1.807) is 26.0 Å². The molecular formula is C17H21Cl2FN4O3. The third-order valence-electron chi connectivity index (χ3n) is 4.55. The van der Waals surface area contributed by atoms with Crippen LogP contribution in [-0.4, -0.2) is 36.1 Å². The van der Waals surface area contributed by atoms with Gasteiger partial charge in [-0.1, -0.05) is 0 Å². The molecule has 1 aliphatic heterocycles. The van der Waals surface area contributed by atoms with Gasteiger partial charge in [0.2, 0.25) is 5.69 Å². The molecule has 1 aliphatic rings. The van der Waals surface area contributed by atoms with Crippen molar-refractivity contribution in [2.75, 3.05) is 31.1 Å². The summed E-state index contributed by atoms with van der Waals surface area (Å²) in [5.41, 5.74) is 1.65. The number of anilines is 1. The number of aromatic nitrogens is 1. The Morgan fingerprint density at radius 3 is 2.22 bits per heavy atom. The number of rotatable bonds is 3. The quantitative estimate of drug-likeness (QED) is 0.326. The number of halogens is 3. The molecule has 7 nitrogen and oxygen atoms in total. The molecule has 2 aromatic rings. The summed E-state index contributed by atoms with van der Waals surface area (Å²) in [6, 6.07) is 7.62. The Balaban J connectivity index is 0.00000182. The summed E-state index contributed by atoms with van der Waals surface area (Å²) in [5.74, 6) is -0.312. The van der Waals surface area contributed by atoms with Gasteiger partial charge in [-0.3, -0.25) is 15.1 Å². The minimum atomic E-state index is -0.752. The number of benzene rings is 1. The van der Waals surface area contributed by atoms with E-state index in [0.717, 1.165) is 5.69 Å². The zero-order chi connectivity index (χ0) is 18.2. The number of hydrogen-bond acceptors (Lipinski definition) is 5. The molecule has 0 aliphatic carbocycles. The second-order valence-electron chi connectivity index (χ2n) is 6.27. The van der Waals surface area contributed by atoms with Crippen molar-refractivity contribution in [2.24, 2.45) is 0 Å². The predicted molar refractivity (Wildman–Crippen MR) is 108 cm³/mol. The van der Waals surface area contributed by atoms with Gasteiger partial charge in [0, 0.05) is 17.4 Å². The molecule has 0 saturated carbocycles. The summed E-state index contributed by atoms with van der Waals surface area (Å²) in [6.45, 7) is 4.51. The zero-order valence-corrected chi connectivity index (χ0v) is 16.6. The third kappa shape index (κ3) is 4.65. The second kappa shape index (κ2) is 8.79. The van der Waals surface area contributed by atoms with E-state index < -0.39 is 9.57 Å². The molecule has 0 radical (unpaired) electrons. The van der Waals surface area contributed by atoms with Gasteiger partial charge in [-0.2, -0.15) is 0 Å². The van der Waals surface area contributed by atoms with Gasteiger partial charge in [0.15, 0.2) is 0 Å². The Kier molecular flexibility index (Phi) is 7.50. The molecule has 148 valence electrons. The van der Waals surface area contributed by atoms with Gasteiger partial charge in [-0.05, 0) is 38.1 Å². The van der Waals surface area contributed by atoms with E-state index in [-0.39, 0.29) is 60.8 Å². The Labute approximate surface area is 168 Å². The molecule has 0 unspecified atom stereocenters. The molecule has 0 amide bonds. The molecular weight excluding hydrogens is 398 g/mol. The fourth-order valence-corrected chi connectivity index (χ4v) is 3.28. The van der Waals surface area contributed by atoms with Crippen molar-refractivity contribution >= 4 is 41.9 Å². The molecule has 10 heteroatoms. The Morgan fingerprint density at radius 1 is 1.15 bits per heavy atom. The standard InChI is InChI=1S/C17H19FN4O3.2ClH/c1-12-11-16(17(21(23)24)13(2)19-12)22(25)9-7-20(8-10-22)15-5-3-14(18)4-6-15;;/h3-6,11H,7-10H2,1-2H3;2*1H. The average molecular weight is 419 g/mol. The van der Waals surface area contributed by atoms with Gasteiger partial charge in [0.25, 0.3) is 0 Å². The van der Waals surface area contributed by atoms with Crippen molar-refractivity contribution in [3.05, 3.63) is 62.9 Å². The van der Waals surface area contributed by atoms with E-state index >= 15 is 0 Å². The van der Waals surface area contributed by atoms with Crippen LogP contribution in [-0.2, 0) is 0 Å². The lowest BCUT2D eigenvalue weighted by Crippen LogP contribution is -2.57.